The molecular weight excluding hydrogens is 275 g/mol. The van der Waals surface area contributed by atoms with Gasteiger partial charge in [0.2, 0.25) is 0 Å². The molecule has 2 rings (SSSR count). The molecule has 112 valence electrons. The number of halogens is 1. The van der Waals surface area contributed by atoms with E-state index in [1.807, 2.05) is 0 Å². The lowest BCUT2D eigenvalue weighted by Crippen LogP contribution is -2.27. The number of carbonyl (C=O) groups excluding carboxylic acids is 1. The molecule has 0 spiro atoms. The first-order valence-corrected chi connectivity index (χ1v) is 6.32. The number of nitrogens with two attached hydrogens (primary N) is 1. The zero-order valence-electron chi connectivity index (χ0n) is 12.1. The van der Waals surface area contributed by atoms with Crippen LogP contribution in [0.1, 0.15) is 21.7 Å². The van der Waals surface area contributed by atoms with Crippen LogP contribution in [-0.4, -0.2) is 35.2 Å². The van der Waals surface area contributed by atoms with Crippen LogP contribution in [0.4, 0.5) is 10.1 Å². The number of carbonyl (C=O) groups is 1. The number of hydrogen-bond acceptors (Lipinski definition) is 4. The third-order valence-electron chi connectivity index (χ3n) is 3.18. The van der Waals surface area contributed by atoms with Gasteiger partial charge >= 0.3 is 0 Å². The Morgan fingerprint density at radius 1 is 1.52 bits per heavy atom. The van der Waals surface area contributed by atoms with Crippen molar-refractivity contribution in [2.45, 2.75) is 13.5 Å². The lowest BCUT2D eigenvalue weighted by atomic mass is 10.2. The van der Waals surface area contributed by atoms with E-state index < -0.39 is 5.82 Å². The quantitative estimate of drug-likeness (QED) is 0.898. The minimum atomic E-state index is -0.467. The Kier molecular flexibility index (Phi) is 4.11. The average Bonchev–Trinajstić information content (AvgIpc) is 2.78. The summed E-state index contributed by atoms with van der Waals surface area (Å²) >= 11 is 0. The van der Waals surface area contributed by atoms with Gasteiger partial charge in [0.15, 0.2) is 17.3 Å². The summed E-state index contributed by atoms with van der Waals surface area (Å²) in [4.78, 5) is 13.7. The van der Waals surface area contributed by atoms with Gasteiger partial charge in [-0.1, -0.05) is 6.07 Å². The lowest BCUT2D eigenvalue weighted by Gasteiger charge is -2.16. The highest BCUT2D eigenvalue weighted by atomic mass is 19.1. The third kappa shape index (κ3) is 2.96. The summed E-state index contributed by atoms with van der Waals surface area (Å²) in [6.07, 6.45) is 0. The summed E-state index contributed by atoms with van der Waals surface area (Å²) in [7, 11) is 3.00. The number of hydrogen-bond donors (Lipinski definition) is 2. The maximum absolute atomic E-state index is 13.6. The maximum Gasteiger partial charge on any atom is 0.276 e. The summed E-state index contributed by atoms with van der Waals surface area (Å²) in [5, 5.41) is 6.55. The molecular formula is C14H17FN4O2. The smallest absolute Gasteiger partial charge is 0.276 e. The number of aromatic amines is 1. The van der Waals surface area contributed by atoms with Crippen molar-refractivity contribution in [1.29, 1.82) is 0 Å². The molecule has 0 radical (unpaired) electrons. The van der Waals surface area contributed by atoms with E-state index in [2.05, 4.69) is 10.2 Å². The molecule has 0 aliphatic rings. The SMILES string of the molecule is COc1ccc(CN(C)C(=O)c2n[nH]c(C)c2N)cc1F. The van der Waals surface area contributed by atoms with Gasteiger partial charge in [-0.25, -0.2) is 4.39 Å². The fourth-order valence-corrected chi connectivity index (χ4v) is 1.94. The molecule has 0 bridgehead atoms. The van der Waals surface area contributed by atoms with E-state index in [9.17, 15) is 9.18 Å². The second kappa shape index (κ2) is 5.82. The number of H-pyrrole nitrogens is 1. The summed E-state index contributed by atoms with van der Waals surface area (Å²) in [5.41, 5.74) is 7.56. The fourth-order valence-electron chi connectivity index (χ4n) is 1.94. The van der Waals surface area contributed by atoms with E-state index in [0.29, 0.717) is 16.9 Å². The standard InChI is InChI=1S/C14H17FN4O2/c1-8-12(16)13(18-17-8)14(20)19(2)7-9-4-5-11(21-3)10(15)6-9/h4-6H,7,16H2,1-3H3,(H,17,18). The van der Waals surface area contributed by atoms with Crippen LogP contribution in [-0.2, 0) is 6.54 Å². The van der Waals surface area contributed by atoms with Gasteiger partial charge < -0.3 is 15.4 Å². The largest absolute Gasteiger partial charge is 0.494 e. The Hall–Kier alpha value is -2.57. The zero-order valence-corrected chi connectivity index (χ0v) is 12.1. The van der Waals surface area contributed by atoms with Gasteiger partial charge in [-0.05, 0) is 24.6 Å². The molecule has 3 N–H and O–H groups in total. The third-order valence-corrected chi connectivity index (χ3v) is 3.18. The van der Waals surface area contributed by atoms with Crippen molar-refractivity contribution < 1.29 is 13.9 Å². The van der Waals surface area contributed by atoms with Gasteiger partial charge in [0, 0.05) is 13.6 Å². The Morgan fingerprint density at radius 3 is 2.76 bits per heavy atom. The van der Waals surface area contributed by atoms with E-state index in [1.165, 1.54) is 24.1 Å². The van der Waals surface area contributed by atoms with E-state index in [4.69, 9.17) is 10.5 Å². The normalized spacial score (nSPS) is 10.5. The average molecular weight is 292 g/mol. The number of rotatable bonds is 4. The summed E-state index contributed by atoms with van der Waals surface area (Å²) < 4.78 is 18.5. The predicted octanol–water partition coefficient (Wildman–Crippen LogP) is 1.72. The van der Waals surface area contributed by atoms with Gasteiger partial charge in [0.25, 0.3) is 5.91 Å². The number of aromatic nitrogens is 2. The Bertz CT molecular complexity index is 669. The predicted molar refractivity (Wildman–Crippen MR) is 76.5 cm³/mol. The minimum absolute atomic E-state index is 0.167. The molecule has 1 aromatic heterocycles. The highest BCUT2D eigenvalue weighted by Crippen LogP contribution is 2.20. The first-order valence-electron chi connectivity index (χ1n) is 6.32. The first kappa shape index (κ1) is 14.8. The Labute approximate surface area is 121 Å². The monoisotopic (exact) mass is 292 g/mol. The number of amides is 1. The van der Waals surface area contributed by atoms with Crippen molar-refractivity contribution in [3.63, 3.8) is 0 Å². The van der Waals surface area contributed by atoms with E-state index in [1.54, 1.807) is 20.0 Å². The molecule has 0 aliphatic carbocycles. The van der Waals surface area contributed by atoms with Crippen LogP contribution in [0, 0.1) is 12.7 Å². The molecule has 0 saturated carbocycles. The van der Waals surface area contributed by atoms with Crippen LogP contribution in [0.3, 0.4) is 0 Å². The lowest BCUT2D eigenvalue weighted by molar-refractivity contribution is 0.0780. The Balaban J connectivity index is 2.14. The molecule has 1 amide bonds. The second-order valence-corrected chi connectivity index (χ2v) is 4.74. The molecule has 1 aromatic carbocycles. The fraction of sp³-hybridized carbons (Fsp3) is 0.286. The molecule has 6 nitrogen and oxygen atoms in total. The topological polar surface area (TPSA) is 84.2 Å². The van der Waals surface area contributed by atoms with Crippen molar-refractivity contribution in [2.24, 2.45) is 0 Å². The summed E-state index contributed by atoms with van der Waals surface area (Å²) in [6.45, 7) is 1.98. The van der Waals surface area contributed by atoms with Crippen LogP contribution >= 0.6 is 0 Å². The number of methoxy groups -OCH3 is 1. The molecule has 2 aromatic rings. The highest BCUT2D eigenvalue weighted by molar-refractivity contribution is 5.97. The van der Waals surface area contributed by atoms with Crippen molar-refractivity contribution >= 4 is 11.6 Å². The zero-order chi connectivity index (χ0) is 15.6. The van der Waals surface area contributed by atoms with Gasteiger partial charge in [-0.15, -0.1) is 0 Å². The number of ether oxygens (including phenoxy) is 1. The van der Waals surface area contributed by atoms with Gasteiger partial charge in [0.05, 0.1) is 18.5 Å². The van der Waals surface area contributed by atoms with Crippen molar-refractivity contribution in [2.75, 3.05) is 19.9 Å². The van der Waals surface area contributed by atoms with Gasteiger partial charge in [0.1, 0.15) is 0 Å². The summed E-state index contributed by atoms with van der Waals surface area (Å²) in [6, 6.07) is 4.56. The minimum Gasteiger partial charge on any atom is -0.494 e. The highest BCUT2D eigenvalue weighted by Gasteiger charge is 2.19. The number of nitrogen functional groups attached to an aromatic ring is 1. The van der Waals surface area contributed by atoms with E-state index in [0.717, 1.165) is 0 Å². The number of aryl methyl sites for hydroxylation is 1. The first-order chi connectivity index (χ1) is 9.93. The van der Waals surface area contributed by atoms with Crippen molar-refractivity contribution in [3.8, 4) is 5.75 Å². The molecule has 7 heteroatoms. The van der Waals surface area contributed by atoms with Crippen LogP contribution in [0.5, 0.6) is 5.75 Å². The molecule has 21 heavy (non-hydrogen) atoms. The number of nitrogens with one attached hydrogen (secondary N) is 1. The second-order valence-electron chi connectivity index (χ2n) is 4.74. The molecule has 0 aliphatic heterocycles. The Morgan fingerprint density at radius 2 is 2.24 bits per heavy atom. The number of anilines is 1. The summed E-state index contributed by atoms with van der Waals surface area (Å²) in [5.74, 6) is -0.626. The van der Waals surface area contributed by atoms with Gasteiger partial charge in [-0.3, -0.25) is 9.89 Å². The maximum atomic E-state index is 13.6. The molecule has 0 unspecified atom stereocenters. The van der Waals surface area contributed by atoms with Crippen molar-refractivity contribution in [1.82, 2.24) is 15.1 Å². The van der Waals surface area contributed by atoms with Crippen LogP contribution in [0.2, 0.25) is 0 Å². The van der Waals surface area contributed by atoms with E-state index >= 15 is 0 Å². The van der Waals surface area contributed by atoms with E-state index in [-0.39, 0.29) is 23.9 Å². The van der Waals surface area contributed by atoms with Gasteiger partial charge in [-0.2, -0.15) is 5.10 Å². The number of benzene rings is 1. The van der Waals surface area contributed by atoms with Crippen LogP contribution in [0.15, 0.2) is 18.2 Å². The van der Waals surface area contributed by atoms with Crippen molar-refractivity contribution in [3.05, 3.63) is 41.0 Å². The molecule has 0 saturated heterocycles. The number of nitrogens with zero attached hydrogens (tertiary/aromatic N) is 2. The molecule has 0 fully saturated rings. The molecule has 0 atom stereocenters. The van der Waals surface area contributed by atoms with Crippen LogP contribution < -0.4 is 10.5 Å². The molecule has 1 heterocycles. The van der Waals surface area contributed by atoms with Crippen LogP contribution in [0.25, 0.3) is 0 Å².